The molecule has 0 saturated heterocycles. The van der Waals surface area contributed by atoms with Crippen LogP contribution in [0.3, 0.4) is 0 Å². The maximum absolute atomic E-state index is 12.1. The lowest BCUT2D eigenvalue weighted by Gasteiger charge is -2.08. The van der Waals surface area contributed by atoms with E-state index >= 15 is 0 Å². The number of carbonyl (C=O) groups excluding carboxylic acids is 2. The van der Waals surface area contributed by atoms with Crippen LogP contribution in [-0.4, -0.2) is 17.6 Å². The summed E-state index contributed by atoms with van der Waals surface area (Å²) in [5.41, 5.74) is 3.90. The van der Waals surface area contributed by atoms with Gasteiger partial charge in [-0.25, -0.2) is 0 Å². The Morgan fingerprint density at radius 3 is 2.30 bits per heavy atom. The molecular weight excluding hydrogens is 376 g/mol. The minimum Gasteiger partial charge on any atom is -0.325 e. The lowest BCUT2D eigenvalue weighted by molar-refractivity contribution is -0.113. The summed E-state index contributed by atoms with van der Waals surface area (Å²) < 4.78 is 0. The Kier molecular flexibility index (Phi) is 6.68. The Balaban J connectivity index is 1.45. The Hall–Kier alpha value is -2.57. The van der Waals surface area contributed by atoms with Crippen LogP contribution >= 0.6 is 23.1 Å². The van der Waals surface area contributed by atoms with Crippen LogP contribution in [0.25, 0.3) is 0 Å². The molecule has 4 nitrogen and oxygen atoms in total. The highest BCUT2D eigenvalue weighted by molar-refractivity contribution is 7.99. The molecule has 0 aliphatic carbocycles. The van der Waals surface area contributed by atoms with E-state index in [0.717, 1.165) is 5.75 Å². The second kappa shape index (κ2) is 9.39. The fourth-order valence-corrected chi connectivity index (χ4v) is 3.98. The number of anilines is 2. The summed E-state index contributed by atoms with van der Waals surface area (Å²) in [6, 6.07) is 19.0. The van der Waals surface area contributed by atoms with E-state index in [1.165, 1.54) is 22.5 Å². The first kappa shape index (κ1) is 19.2. The zero-order valence-electron chi connectivity index (χ0n) is 14.9. The van der Waals surface area contributed by atoms with E-state index in [-0.39, 0.29) is 11.8 Å². The van der Waals surface area contributed by atoms with Crippen LogP contribution in [0.2, 0.25) is 0 Å². The van der Waals surface area contributed by atoms with Gasteiger partial charge in [-0.1, -0.05) is 30.3 Å². The molecule has 2 amide bonds. The molecule has 27 heavy (non-hydrogen) atoms. The molecule has 2 N–H and O–H groups in total. The molecule has 0 atom stereocenters. The first-order valence-corrected chi connectivity index (χ1v) is 10.5. The van der Waals surface area contributed by atoms with Crippen LogP contribution in [0, 0.1) is 6.92 Å². The number of benzene rings is 2. The van der Waals surface area contributed by atoms with Gasteiger partial charge in [0, 0.05) is 17.1 Å². The lowest BCUT2D eigenvalue weighted by atomic mass is 10.1. The molecule has 0 spiro atoms. The van der Waals surface area contributed by atoms with Gasteiger partial charge >= 0.3 is 0 Å². The Labute approximate surface area is 167 Å². The number of rotatable bonds is 7. The largest absolute Gasteiger partial charge is 0.325 e. The Bertz CT molecular complexity index is 906. The molecule has 0 unspecified atom stereocenters. The first-order chi connectivity index (χ1) is 13.1. The van der Waals surface area contributed by atoms with Crippen molar-refractivity contribution >= 4 is 46.3 Å². The summed E-state index contributed by atoms with van der Waals surface area (Å²) in [5, 5.41) is 7.58. The number of hydrogen-bond acceptors (Lipinski definition) is 4. The molecule has 1 aromatic heterocycles. The maximum atomic E-state index is 12.1. The highest BCUT2D eigenvalue weighted by atomic mass is 32.2. The van der Waals surface area contributed by atoms with Gasteiger partial charge in [0.1, 0.15) is 0 Å². The number of nitrogens with one attached hydrogen (secondary N) is 2. The third-order valence-electron chi connectivity index (χ3n) is 3.92. The molecule has 0 saturated carbocycles. The predicted molar refractivity (Wildman–Crippen MR) is 115 cm³/mol. The molecule has 2 aromatic carbocycles. The van der Waals surface area contributed by atoms with E-state index in [0.29, 0.717) is 22.0 Å². The van der Waals surface area contributed by atoms with Gasteiger partial charge < -0.3 is 10.6 Å². The zero-order chi connectivity index (χ0) is 19.1. The predicted octanol–water partition coefficient (Wildman–Crippen LogP) is 5.18. The van der Waals surface area contributed by atoms with Crippen molar-refractivity contribution in [1.82, 2.24) is 0 Å². The van der Waals surface area contributed by atoms with Crippen molar-refractivity contribution in [3.8, 4) is 0 Å². The fraction of sp³-hybridized carbons (Fsp3) is 0.143. The van der Waals surface area contributed by atoms with Gasteiger partial charge in [-0.15, -0.1) is 23.1 Å². The van der Waals surface area contributed by atoms with E-state index in [1.807, 2.05) is 23.6 Å². The average Bonchev–Trinajstić information content (AvgIpc) is 3.20. The number of hydrogen-bond donors (Lipinski definition) is 2. The van der Waals surface area contributed by atoms with Crippen molar-refractivity contribution in [2.75, 3.05) is 16.4 Å². The number of carbonyl (C=O) groups is 2. The molecule has 138 valence electrons. The van der Waals surface area contributed by atoms with Gasteiger partial charge in [0.25, 0.3) is 5.91 Å². The molecule has 0 radical (unpaired) electrons. The SMILES string of the molecule is Cc1ccccc1CSCC(=O)Nc1ccc(NC(=O)c2cccs2)cc1. The quantitative estimate of drug-likeness (QED) is 0.578. The molecule has 0 aliphatic rings. The van der Waals surface area contributed by atoms with Crippen molar-refractivity contribution in [2.24, 2.45) is 0 Å². The van der Waals surface area contributed by atoms with Crippen LogP contribution in [0.5, 0.6) is 0 Å². The molecule has 3 aromatic rings. The van der Waals surface area contributed by atoms with Crippen LogP contribution in [0.1, 0.15) is 20.8 Å². The standard InChI is InChI=1S/C21H20N2O2S2/c1-15-5-2-3-6-16(15)13-26-14-20(24)22-17-8-10-18(11-9-17)23-21(25)19-7-4-12-27-19/h2-12H,13-14H2,1H3,(H,22,24)(H,23,25). The second-order valence-corrected chi connectivity index (χ2v) is 7.91. The van der Waals surface area contributed by atoms with E-state index in [1.54, 1.807) is 42.1 Å². The molecular formula is C21H20N2O2S2. The monoisotopic (exact) mass is 396 g/mol. The Morgan fingerprint density at radius 1 is 0.926 bits per heavy atom. The van der Waals surface area contributed by atoms with Gasteiger partial charge in [0.05, 0.1) is 10.6 Å². The van der Waals surface area contributed by atoms with Gasteiger partial charge in [-0.05, 0) is 53.8 Å². The molecule has 3 rings (SSSR count). The number of thioether (sulfide) groups is 1. The van der Waals surface area contributed by atoms with E-state index in [4.69, 9.17) is 0 Å². The number of amides is 2. The first-order valence-electron chi connectivity index (χ1n) is 8.49. The summed E-state index contributed by atoms with van der Waals surface area (Å²) in [6.07, 6.45) is 0. The second-order valence-electron chi connectivity index (χ2n) is 5.98. The molecule has 6 heteroatoms. The highest BCUT2D eigenvalue weighted by Gasteiger charge is 2.08. The molecule has 0 fully saturated rings. The minimum absolute atomic E-state index is 0.0380. The van der Waals surface area contributed by atoms with Crippen molar-refractivity contribution in [2.45, 2.75) is 12.7 Å². The van der Waals surface area contributed by atoms with Crippen LogP contribution in [0.4, 0.5) is 11.4 Å². The van der Waals surface area contributed by atoms with Gasteiger partial charge in [-0.3, -0.25) is 9.59 Å². The van der Waals surface area contributed by atoms with Crippen LogP contribution in [-0.2, 0) is 10.5 Å². The fourth-order valence-electron chi connectivity index (χ4n) is 2.46. The Morgan fingerprint density at radius 2 is 1.63 bits per heavy atom. The van der Waals surface area contributed by atoms with E-state index < -0.39 is 0 Å². The van der Waals surface area contributed by atoms with Crippen molar-refractivity contribution in [1.29, 1.82) is 0 Å². The normalized spacial score (nSPS) is 10.4. The molecule has 0 bridgehead atoms. The van der Waals surface area contributed by atoms with Crippen LogP contribution in [0.15, 0.2) is 66.0 Å². The zero-order valence-corrected chi connectivity index (χ0v) is 16.5. The maximum Gasteiger partial charge on any atom is 0.265 e. The summed E-state index contributed by atoms with van der Waals surface area (Å²) in [7, 11) is 0. The van der Waals surface area contributed by atoms with Crippen molar-refractivity contribution < 1.29 is 9.59 Å². The third kappa shape index (κ3) is 5.70. The van der Waals surface area contributed by atoms with Gasteiger partial charge in [0.2, 0.25) is 5.91 Å². The van der Waals surface area contributed by atoms with Gasteiger partial charge in [-0.2, -0.15) is 0 Å². The van der Waals surface area contributed by atoms with Crippen LogP contribution < -0.4 is 10.6 Å². The number of thiophene rings is 1. The van der Waals surface area contributed by atoms with E-state index in [9.17, 15) is 9.59 Å². The summed E-state index contributed by atoms with van der Waals surface area (Å²) in [5.74, 6) is 1.04. The smallest absolute Gasteiger partial charge is 0.265 e. The lowest BCUT2D eigenvalue weighted by Crippen LogP contribution is -2.14. The average molecular weight is 397 g/mol. The van der Waals surface area contributed by atoms with Gasteiger partial charge in [0.15, 0.2) is 0 Å². The van der Waals surface area contributed by atoms with Crippen molar-refractivity contribution in [3.05, 3.63) is 82.0 Å². The summed E-state index contributed by atoms with van der Waals surface area (Å²) in [6.45, 7) is 2.08. The topological polar surface area (TPSA) is 58.2 Å². The molecule has 0 aliphatic heterocycles. The highest BCUT2D eigenvalue weighted by Crippen LogP contribution is 2.18. The molecule has 1 heterocycles. The minimum atomic E-state index is -0.130. The number of aryl methyl sites for hydroxylation is 1. The summed E-state index contributed by atoms with van der Waals surface area (Å²) in [4.78, 5) is 24.8. The third-order valence-corrected chi connectivity index (χ3v) is 5.77. The van der Waals surface area contributed by atoms with Crippen molar-refractivity contribution in [3.63, 3.8) is 0 Å². The summed E-state index contributed by atoms with van der Waals surface area (Å²) >= 11 is 2.99. The van der Waals surface area contributed by atoms with E-state index in [2.05, 4.69) is 29.7 Å².